The van der Waals surface area contributed by atoms with Crippen LogP contribution < -0.4 is 14.8 Å². The number of hydrogen-bond donors (Lipinski definition) is 1. The topological polar surface area (TPSA) is 81.7 Å². The van der Waals surface area contributed by atoms with Crippen LogP contribution in [-0.4, -0.2) is 35.1 Å². The second-order valence-electron chi connectivity index (χ2n) is 4.77. The van der Waals surface area contributed by atoms with Gasteiger partial charge in [0.1, 0.15) is 16.2 Å². The quantitative estimate of drug-likeness (QED) is 0.802. The zero-order valence-corrected chi connectivity index (χ0v) is 13.3. The standard InChI is InChI=1S/C13H16ClNO5S/c1-19-9-5-6-10(21(14,17)18)12(20-2)11(9)13(16)15-7-8-3-4-8/h5-6,8H,3-4,7H2,1-2H3,(H,15,16). The first-order valence-corrected chi connectivity index (χ1v) is 8.67. The van der Waals surface area contributed by atoms with E-state index in [9.17, 15) is 13.2 Å². The molecule has 116 valence electrons. The molecule has 1 aliphatic rings. The van der Waals surface area contributed by atoms with Gasteiger partial charge in [0.25, 0.3) is 15.0 Å². The third-order valence-electron chi connectivity index (χ3n) is 3.25. The molecule has 0 bridgehead atoms. The Kier molecular flexibility index (Phi) is 4.63. The van der Waals surface area contributed by atoms with Gasteiger partial charge in [-0.15, -0.1) is 0 Å². The van der Waals surface area contributed by atoms with Crippen LogP contribution in [0.2, 0.25) is 0 Å². The minimum absolute atomic E-state index is 0.0300. The molecular formula is C13H16ClNO5S. The Hall–Kier alpha value is -1.47. The lowest BCUT2D eigenvalue weighted by atomic mass is 10.1. The molecule has 0 saturated heterocycles. The molecule has 21 heavy (non-hydrogen) atoms. The maximum absolute atomic E-state index is 12.3. The van der Waals surface area contributed by atoms with Gasteiger partial charge in [0.05, 0.1) is 14.2 Å². The summed E-state index contributed by atoms with van der Waals surface area (Å²) in [5.41, 5.74) is 0.0300. The summed E-state index contributed by atoms with van der Waals surface area (Å²) in [5, 5.41) is 2.75. The molecule has 0 radical (unpaired) electrons. The predicted octanol–water partition coefficient (Wildman–Crippen LogP) is 1.77. The van der Waals surface area contributed by atoms with Gasteiger partial charge in [0.2, 0.25) is 0 Å². The highest BCUT2D eigenvalue weighted by Gasteiger charge is 2.28. The molecular weight excluding hydrogens is 318 g/mol. The number of methoxy groups -OCH3 is 2. The second-order valence-corrected chi connectivity index (χ2v) is 7.30. The van der Waals surface area contributed by atoms with Gasteiger partial charge < -0.3 is 14.8 Å². The SMILES string of the molecule is COc1ccc(S(=O)(=O)Cl)c(OC)c1C(=O)NCC1CC1. The van der Waals surface area contributed by atoms with E-state index in [0.29, 0.717) is 12.5 Å². The molecule has 0 atom stereocenters. The molecule has 8 heteroatoms. The highest BCUT2D eigenvalue weighted by molar-refractivity contribution is 8.13. The van der Waals surface area contributed by atoms with Crippen LogP contribution in [-0.2, 0) is 9.05 Å². The molecule has 0 heterocycles. The Bertz CT molecular complexity index is 655. The molecule has 1 N–H and O–H groups in total. The number of hydrogen-bond acceptors (Lipinski definition) is 5. The first-order valence-electron chi connectivity index (χ1n) is 6.36. The van der Waals surface area contributed by atoms with Crippen molar-refractivity contribution in [3.8, 4) is 11.5 Å². The average Bonchev–Trinajstić information content (AvgIpc) is 3.26. The summed E-state index contributed by atoms with van der Waals surface area (Å²) in [6, 6.07) is 2.63. The number of amides is 1. The summed E-state index contributed by atoms with van der Waals surface area (Å²) in [7, 11) is 4.00. The number of nitrogens with one attached hydrogen (secondary N) is 1. The lowest BCUT2D eigenvalue weighted by Gasteiger charge is -2.15. The smallest absolute Gasteiger partial charge is 0.265 e. The Morgan fingerprint density at radius 2 is 2.00 bits per heavy atom. The fourth-order valence-corrected chi connectivity index (χ4v) is 2.97. The molecule has 1 saturated carbocycles. The van der Waals surface area contributed by atoms with Crippen LogP contribution in [0.3, 0.4) is 0 Å². The number of halogens is 1. The highest BCUT2D eigenvalue weighted by Crippen LogP contribution is 2.36. The lowest BCUT2D eigenvalue weighted by Crippen LogP contribution is -2.26. The van der Waals surface area contributed by atoms with Gasteiger partial charge in [-0.25, -0.2) is 8.42 Å². The first-order chi connectivity index (χ1) is 9.88. The maximum atomic E-state index is 12.3. The average molecular weight is 334 g/mol. The van der Waals surface area contributed by atoms with E-state index in [1.807, 2.05) is 0 Å². The maximum Gasteiger partial charge on any atom is 0.265 e. The molecule has 0 spiro atoms. The van der Waals surface area contributed by atoms with Gasteiger partial charge >= 0.3 is 0 Å². The summed E-state index contributed by atoms with van der Waals surface area (Å²) >= 11 is 0. The van der Waals surface area contributed by atoms with E-state index >= 15 is 0 Å². The number of carbonyl (C=O) groups is 1. The summed E-state index contributed by atoms with van der Waals surface area (Å²) in [6.07, 6.45) is 2.18. The van der Waals surface area contributed by atoms with Crippen LogP contribution in [0.5, 0.6) is 11.5 Å². The minimum atomic E-state index is -4.03. The molecule has 6 nitrogen and oxygen atoms in total. The summed E-state index contributed by atoms with van der Waals surface area (Å²) < 4.78 is 33.4. The van der Waals surface area contributed by atoms with Crippen LogP contribution in [0.4, 0.5) is 0 Å². The fraction of sp³-hybridized carbons (Fsp3) is 0.462. The summed E-state index contributed by atoms with van der Waals surface area (Å²) in [4.78, 5) is 12.0. The molecule has 0 aliphatic heterocycles. The first kappa shape index (κ1) is 15.9. The number of benzene rings is 1. The lowest BCUT2D eigenvalue weighted by molar-refractivity contribution is 0.0945. The Balaban J connectivity index is 2.46. The molecule has 0 aromatic heterocycles. The van der Waals surface area contributed by atoms with Crippen LogP contribution in [0, 0.1) is 5.92 Å². The second kappa shape index (κ2) is 6.11. The van der Waals surface area contributed by atoms with Crippen molar-refractivity contribution in [1.82, 2.24) is 5.32 Å². The zero-order valence-electron chi connectivity index (χ0n) is 11.7. The van der Waals surface area contributed by atoms with Crippen molar-refractivity contribution in [2.24, 2.45) is 5.92 Å². The van der Waals surface area contributed by atoms with Gasteiger partial charge in [-0.2, -0.15) is 0 Å². The van der Waals surface area contributed by atoms with E-state index in [1.54, 1.807) is 0 Å². The molecule has 1 amide bonds. The molecule has 1 aromatic carbocycles. The van der Waals surface area contributed by atoms with Crippen molar-refractivity contribution in [2.75, 3.05) is 20.8 Å². The van der Waals surface area contributed by atoms with Crippen LogP contribution >= 0.6 is 10.7 Å². The van der Waals surface area contributed by atoms with Crippen molar-refractivity contribution in [1.29, 1.82) is 0 Å². The van der Waals surface area contributed by atoms with Gasteiger partial charge in [0.15, 0.2) is 5.75 Å². The van der Waals surface area contributed by atoms with Crippen molar-refractivity contribution in [2.45, 2.75) is 17.7 Å². The summed E-state index contributed by atoms with van der Waals surface area (Å²) in [5.74, 6) is 0.158. The van der Waals surface area contributed by atoms with E-state index in [2.05, 4.69) is 5.32 Å². The minimum Gasteiger partial charge on any atom is -0.496 e. The van der Waals surface area contributed by atoms with Crippen molar-refractivity contribution < 1.29 is 22.7 Å². The third kappa shape index (κ3) is 3.59. The zero-order chi connectivity index (χ0) is 15.6. The van der Waals surface area contributed by atoms with E-state index in [-0.39, 0.29) is 22.0 Å². The largest absolute Gasteiger partial charge is 0.496 e. The summed E-state index contributed by atoms with van der Waals surface area (Å²) in [6.45, 7) is 0.545. The predicted molar refractivity (Wildman–Crippen MR) is 77.6 cm³/mol. The monoisotopic (exact) mass is 333 g/mol. The van der Waals surface area contributed by atoms with Crippen molar-refractivity contribution >= 4 is 25.6 Å². The van der Waals surface area contributed by atoms with E-state index in [4.69, 9.17) is 20.2 Å². The van der Waals surface area contributed by atoms with Gasteiger partial charge in [-0.1, -0.05) is 0 Å². The molecule has 1 aliphatic carbocycles. The van der Waals surface area contributed by atoms with Crippen LogP contribution in [0.15, 0.2) is 17.0 Å². The third-order valence-corrected chi connectivity index (χ3v) is 4.59. The van der Waals surface area contributed by atoms with Crippen LogP contribution in [0.1, 0.15) is 23.2 Å². The highest BCUT2D eigenvalue weighted by atomic mass is 35.7. The molecule has 0 unspecified atom stereocenters. The van der Waals surface area contributed by atoms with Gasteiger partial charge in [-0.3, -0.25) is 4.79 Å². The van der Waals surface area contributed by atoms with E-state index in [1.165, 1.54) is 26.4 Å². The van der Waals surface area contributed by atoms with Gasteiger partial charge in [0, 0.05) is 17.2 Å². The Morgan fingerprint density at radius 3 is 2.48 bits per heavy atom. The molecule has 1 aromatic rings. The Morgan fingerprint density at radius 1 is 1.33 bits per heavy atom. The number of ether oxygens (including phenoxy) is 2. The Labute approximate surface area is 127 Å². The number of carbonyl (C=O) groups excluding carboxylic acids is 1. The molecule has 2 rings (SSSR count). The van der Waals surface area contributed by atoms with E-state index in [0.717, 1.165) is 12.8 Å². The van der Waals surface area contributed by atoms with E-state index < -0.39 is 15.0 Å². The molecule has 1 fully saturated rings. The van der Waals surface area contributed by atoms with Gasteiger partial charge in [-0.05, 0) is 30.9 Å². The van der Waals surface area contributed by atoms with Crippen molar-refractivity contribution in [3.05, 3.63) is 17.7 Å². The van der Waals surface area contributed by atoms with Crippen LogP contribution in [0.25, 0.3) is 0 Å². The fourth-order valence-electron chi connectivity index (χ4n) is 1.97. The number of rotatable bonds is 6. The van der Waals surface area contributed by atoms with Crippen molar-refractivity contribution in [3.63, 3.8) is 0 Å². The normalized spacial score (nSPS) is 14.6.